The Hall–Kier alpha value is -1.14. The van der Waals surface area contributed by atoms with Crippen molar-refractivity contribution in [3.05, 3.63) is 0 Å². The van der Waals surface area contributed by atoms with Crippen molar-refractivity contribution < 1.29 is 19.4 Å². The molecule has 0 saturated heterocycles. The van der Waals surface area contributed by atoms with Crippen LogP contribution in [0.3, 0.4) is 0 Å². The summed E-state index contributed by atoms with van der Waals surface area (Å²) in [4.78, 5) is 23.2. The van der Waals surface area contributed by atoms with Crippen LogP contribution in [0.4, 0.5) is 0 Å². The first-order valence-electron chi connectivity index (χ1n) is 7.91. The second-order valence-corrected chi connectivity index (χ2v) is 6.20. The van der Waals surface area contributed by atoms with E-state index in [1.165, 1.54) is 0 Å². The molecule has 6 heteroatoms. The normalized spacial score (nSPS) is 29.0. The minimum Gasteiger partial charge on any atom is -0.466 e. The molecule has 0 radical (unpaired) electrons. The van der Waals surface area contributed by atoms with Crippen molar-refractivity contribution in [3.63, 3.8) is 0 Å². The fourth-order valence-corrected chi connectivity index (χ4v) is 2.74. The summed E-state index contributed by atoms with van der Waals surface area (Å²) < 4.78 is 5.02. The van der Waals surface area contributed by atoms with Gasteiger partial charge in [0.25, 0.3) is 0 Å². The Kier molecular flexibility index (Phi) is 5.58. The van der Waals surface area contributed by atoms with Crippen LogP contribution in [0.2, 0.25) is 0 Å². The van der Waals surface area contributed by atoms with Crippen molar-refractivity contribution >= 4 is 11.9 Å². The highest BCUT2D eigenvalue weighted by molar-refractivity contribution is 5.78. The van der Waals surface area contributed by atoms with E-state index in [-0.39, 0.29) is 24.3 Å². The molecule has 0 aromatic rings. The zero-order valence-corrected chi connectivity index (χ0v) is 12.7. The van der Waals surface area contributed by atoms with Gasteiger partial charge in [0.05, 0.1) is 24.7 Å². The Morgan fingerprint density at radius 1 is 1.24 bits per heavy atom. The zero-order valence-electron chi connectivity index (χ0n) is 12.7. The van der Waals surface area contributed by atoms with Gasteiger partial charge in [0.1, 0.15) is 0 Å². The minimum absolute atomic E-state index is 0.0127. The van der Waals surface area contributed by atoms with Crippen LogP contribution in [-0.4, -0.2) is 48.3 Å². The first kappa shape index (κ1) is 16.2. The van der Waals surface area contributed by atoms with Crippen LogP contribution in [-0.2, 0) is 14.3 Å². The summed E-state index contributed by atoms with van der Waals surface area (Å²) in [6.07, 6.45) is 4.56. The predicted octanol–water partition coefficient (Wildman–Crippen LogP) is 0.339. The highest BCUT2D eigenvalue weighted by Gasteiger charge is 2.36. The number of carbonyl (C=O) groups excluding carboxylic acids is 2. The van der Waals surface area contributed by atoms with Crippen LogP contribution >= 0.6 is 0 Å². The van der Waals surface area contributed by atoms with Gasteiger partial charge in [0.15, 0.2) is 0 Å². The van der Waals surface area contributed by atoms with Crippen LogP contribution in [0.1, 0.15) is 45.4 Å². The molecular formula is C15H26N2O4. The third-order valence-corrected chi connectivity index (χ3v) is 4.22. The third kappa shape index (κ3) is 5.28. The van der Waals surface area contributed by atoms with E-state index >= 15 is 0 Å². The van der Waals surface area contributed by atoms with E-state index < -0.39 is 5.60 Å². The third-order valence-electron chi connectivity index (χ3n) is 4.22. The quantitative estimate of drug-likeness (QED) is 0.590. The summed E-state index contributed by atoms with van der Waals surface area (Å²) >= 11 is 0. The second-order valence-electron chi connectivity index (χ2n) is 6.20. The molecule has 0 bridgehead atoms. The fraction of sp³-hybridized carbons (Fsp3) is 0.867. The van der Waals surface area contributed by atoms with Gasteiger partial charge in [-0.25, -0.2) is 0 Å². The van der Waals surface area contributed by atoms with Crippen molar-refractivity contribution in [1.29, 1.82) is 0 Å². The van der Waals surface area contributed by atoms with Gasteiger partial charge in [0, 0.05) is 12.6 Å². The number of ether oxygens (including phenoxy) is 1. The molecule has 1 amide bonds. The van der Waals surface area contributed by atoms with E-state index in [0.717, 1.165) is 12.8 Å². The molecule has 3 N–H and O–H groups in total. The Labute approximate surface area is 125 Å². The van der Waals surface area contributed by atoms with Crippen molar-refractivity contribution in [2.45, 2.75) is 57.1 Å². The van der Waals surface area contributed by atoms with Gasteiger partial charge >= 0.3 is 5.97 Å². The van der Waals surface area contributed by atoms with Crippen molar-refractivity contribution in [1.82, 2.24) is 10.6 Å². The van der Waals surface area contributed by atoms with E-state index in [0.29, 0.717) is 44.9 Å². The molecule has 0 atom stereocenters. The van der Waals surface area contributed by atoms with E-state index in [2.05, 4.69) is 10.6 Å². The molecule has 2 fully saturated rings. The van der Waals surface area contributed by atoms with Gasteiger partial charge in [-0.2, -0.15) is 0 Å². The molecule has 0 aromatic heterocycles. The molecule has 0 aromatic carbocycles. The lowest BCUT2D eigenvalue weighted by molar-refractivity contribution is -0.151. The Balaban J connectivity index is 1.64. The summed E-state index contributed by atoms with van der Waals surface area (Å²) in [6, 6.07) is 0.363. The molecule has 2 saturated carbocycles. The average Bonchev–Trinajstić information content (AvgIpc) is 3.23. The van der Waals surface area contributed by atoms with E-state index in [1.54, 1.807) is 6.92 Å². The molecule has 2 aliphatic carbocycles. The highest BCUT2D eigenvalue weighted by atomic mass is 16.5. The highest BCUT2D eigenvalue weighted by Crippen LogP contribution is 2.32. The molecule has 0 heterocycles. The number of amides is 1. The van der Waals surface area contributed by atoms with Crippen molar-refractivity contribution in [2.24, 2.45) is 5.92 Å². The molecule has 0 spiro atoms. The molecule has 120 valence electrons. The van der Waals surface area contributed by atoms with Gasteiger partial charge < -0.3 is 20.5 Å². The first-order chi connectivity index (χ1) is 10.0. The van der Waals surface area contributed by atoms with Crippen LogP contribution in [0, 0.1) is 5.92 Å². The number of rotatable bonds is 7. The Bertz CT molecular complexity index is 374. The Morgan fingerprint density at radius 3 is 2.48 bits per heavy atom. The largest absolute Gasteiger partial charge is 0.466 e. The lowest BCUT2D eigenvalue weighted by Crippen LogP contribution is -2.47. The number of hydrogen-bond donors (Lipinski definition) is 3. The number of nitrogens with one attached hydrogen (secondary N) is 2. The Morgan fingerprint density at radius 2 is 1.90 bits per heavy atom. The summed E-state index contributed by atoms with van der Waals surface area (Å²) in [5, 5.41) is 16.4. The second kappa shape index (κ2) is 7.22. The summed E-state index contributed by atoms with van der Waals surface area (Å²) in [5.74, 6) is -0.263. The zero-order chi connectivity index (χ0) is 15.3. The number of hydrogen-bond acceptors (Lipinski definition) is 5. The van der Waals surface area contributed by atoms with Crippen LogP contribution < -0.4 is 10.6 Å². The van der Waals surface area contributed by atoms with Crippen LogP contribution in [0.15, 0.2) is 0 Å². The standard InChI is InChI=1S/C15H26N2O4/c1-2-21-14(19)11-5-7-15(20,8-6-11)10-16-9-13(18)17-12-3-4-12/h11-12,16,20H,2-10H2,1H3,(H,17,18). The maximum atomic E-state index is 11.6. The molecule has 0 unspecified atom stereocenters. The number of aliphatic hydroxyl groups is 1. The molecule has 0 aliphatic heterocycles. The topological polar surface area (TPSA) is 87.7 Å². The van der Waals surface area contributed by atoms with Gasteiger partial charge in [-0.05, 0) is 45.4 Å². The van der Waals surface area contributed by atoms with Crippen LogP contribution in [0.25, 0.3) is 0 Å². The lowest BCUT2D eigenvalue weighted by Gasteiger charge is -2.35. The molecule has 6 nitrogen and oxygen atoms in total. The number of carbonyl (C=O) groups is 2. The van der Waals surface area contributed by atoms with Gasteiger partial charge in [-0.1, -0.05) is 0 Å². The van der Waals surface area contributed by atoms with E-state index in [1.807, 2.05) is 0 Å². The lowest BCUT2D eigenvalue weighted by atomic mass is 9.79. The molecular weight excluding hydrogens is 272 g/mol. The number of esters is 1. The fourth-order valence-electron chi connectivity index (χ4n) is 2.74. The van der Waals surface area contributed by atoms with Gasteiger partial charge in [-0.3, -0.25) is 9.59 Å². The first-order valence-corrected chi connectivity index (χ1v) is 7.91. The van der Waals surface area contributed by atoms with Crippen molar-refractivity contribution in [2.75, 3.05) is 19.7 Å². The van der Waals surface area contributed by atoms with Gasteiger partial charge in [-0.15, -0.1) is 0 Å². The van der Waals surface area contributed by atoms with Crippen molar-refractivity contribution in [3.8, 4) is 0 Å². The maximum absolute atomic E-state index is 11.6. The smallest absolute Gasteiger partial charge is 0.308 e. The molecule has 21 heavy (non-hydrogen) atoms. The summed E-state index contributed by atoms with van der Waals surface area (Å²) in [6.45, 7) is 2.83. The average molecular weight is 298 g/mol. The SMILES string of the molecule is CCOC(=O)C1CCC(O)(CNCC(=O)NC2CC2)CC1. The monoisotopic (exact) mass is 298 g/mol. The summed E-state index contributed by atoms with van der Waals surface area (Å²) in [7, 11) is 0. The van der Waals surface area contributed by atoms with Crippen LogP contribution in [0.5, 0.6) is 0 Å². The maximum Gasteiger partial charge on any atom is 0.308 e. The van der Waals surface area contributed by atoms with E-state index in [9.17, 15) is 14.7 Å². The van der Waals surface area contributed by atoms with E-state index in [4.69, 9.17) is 4.74 Å². The molecule has 2 aliphatic rings. The summed E-state index contributed by atoms with van der Waals surface area (Å²) in [5.41, 5.74) is -0.817. The molecule has 2 rings (SSSR count). The minimum atomic E-state index is -0.817. The predicted molar refractivity (Wildman–Crippen MR) is 77.6 cm³/mol. The van der Waals surface area contributed by atoms with Gasteiger partial charge in [0.2, 0.25) is 5.91 Å².